The summed E-state index contributed by atoms with van der Waals surface area (Å²) < 4.78 is 7.47. The summed E-state index contributed by atoms with van der Waals surface area (Å²) in [7, 11) is 5.46. The standard InChI is InChI=1S/C23H30N8O2S/c1-12-8-25-14(13(2)18(12)33-5)9-31-20-17-19(29-31)23(6-7-23)15(26-16(32)10-30(3)4)11-34-21(17)28-22(24)27-20/h8,15H,6-7,9-11H2,1-5H3,(H,26,32)(H2,24,27,28). The number of carbonyl (C=O) groups is 1. The lowest BCUT2D eigenvalue weighted by Crippen LogP contribution is -2.47. The van der Waals surface area contributed by atoms with Gasteiger partial charge in [0.25, 0.3) is 0 Å². The topological polar surface area (TPSA) is 124 Å². The van der Waals surface area contributed by atoms with Crippen molar-refractivity contribution in [3.63, 3.8) is 0 Å². The molecule has 0 bridgehead atoms. The molecule has 2 aliphatic rings. The molecule has 34 heavy (non-hydrogen) atoms. The molecule has 1 saturated carbocycles. The van der Waals surface area contributed by atoms with Gasteiger partial charge in [-0.15, -0.1) is 11.8 Å². The summed E-state index contributed by atoms with van der Waals surface area (Å²) in [5.41, 5.74) is 10.4. The minimum absolute atomic E-state index is 0.0145. The van der Waals surface area contributed by atoms with Crippen LogP contribution in [0.3, 0.4) is 0 Å². The Hall–Kier alpha value is -2.92. The summed E-state index contributed by atoms with van der Waals surface area (Å²) in [5.74, 6) is 1.78. The molecule has 1 aliphatic heterocycles. The molecule has 0 radical (unpaired) electrons. The number of amides is 1. The molecule has 10 nitrogen and oxygen atoms in total. The molecule has 1 unspecified atom stereocenters. The van der Waals surface area contributed by atoms with E-state index in [1.807, 2.05) is 43.7 Å². The van der Waals surface area contributed by atoms with Gasteiger partial charge in [-0.1, -0.05) is 0 Å². The number of methoxy groups -OCH3 is 1. The Labute approximate surface area is 202 Å². The molecule has 4 heterocycles. The maximum atomic E-state index is 12.6. The van der Waals surface area contributed by atoms with Gasteiger partial charge in [-0.3, -0.25) is 9.78 Å². The van der Waals surface area contributed by atoms with E-state index in [-0.39, 0.29) is 23.3 Å². The number of ether oxygens (including phenoxy) is 1. The number of aromatic nitrogens is 5. The number of pyridine rings is 1. The SMILES string of the molecule is COc1c(C)cnc(Cn2nc3c4c(nc(N)nc42)SCC(NC(=O)CN(C)C)C32CC2)c1C. The highest BCUT2D eigenvalue weighted by atomic mass is 32.2. The number of likely N-dealkylation sites (N-methyl/N-ethyl adjacent to an activating group) is 1. The van der Waals surface area contributed by atoms with E-state index in [1.165, 1.54) is 0 Å². The number of rotatable bonds is 6. The third kappa shape index (κ3) is 3.76. The van der Waals surface area contributed by atoms with E-state index >= 15 is 0 Å². The Balaban J connectivity index is 1.58. The number of nitrogens with one attached hydrogen (secondary N) is 1. The van der Waals surface area contributed by atoms with Crippen molar-refractivity contribution >= 4 is 34.7 Å². The number of fused-ring (bicyclic) bond motifs is 1. The van der Waals surface area contributed by atoms with Crippen molar-refractivity contribution < 1.29 is 9.53 Å². The van der Waals surface area contributed by atoms with E-state index in [0.29, 0.717) is 18.7 Å². The van der Waals surface area contributed by atoms with Crippen molar-refractivity contribution in [1.82, 2.24) is 34.9 Å². The van der Waals surface area contributed by atoms with Gasteiger partial charge in [0, 0.05) is 34.5 Å². The van der Waals surface area contributed by atoms with E-state index in [2.05, 4.69) is 20.3 Å². The zero-order valence-corrected chi connectivity index (χ0v) is 21.0. The van der Waals surface area contributed by atoms with Gasteiger partial charge in [0.15, 0.2) is 5.65 Å². The summed E-state index contributed by atoms with van der Waals surface area (Å²) in [5, 5.41) is 10.1. The summed E-state index contributed by atoms with van der Waals surface area (Å²) in [6, 6.07) is -0.0359. The number of anilines is 1. The second kappa shape index (κ2) is 8.38. The van der Waals surface area contributed by atoms with Crippen LogP contribution in [0, 0.1) is 13.8 Å². The molecule has 0 aromatic carbocycles. The van der Waals surface area contributed by atoms with Crippen LogP contribution in [-0.2, 0) is 16.8 Å². The van der Waals surface area contributed by atoms with Crippen molar-refractivity contribution in [1.29, 1.82) is 0 Å². The fourth-order valence-corrected chi connectivity index (χ4v) is 6.12. The summed E-state index contributed by atoms with van der Waals surface area (Å²) in [6.45, 7) is 4.77. The van der Waals surface area contributed by atoms with Crippen LogP contribution in [-0.4, -0.2) is 75.1 Å². The maximum Gasteiger partial charge on any atom is 0.234 e. The number of hydrogen-bond acceptors (Lipinski definition) is 9. The van der Waals surface area contributed by atoms with Crippen LogP contribution in [0.4, 0.5) is 5.95 Å². The van der Waals surface area contributed by atoms with Crippen molar-refractivity contribution in [2.75, 3.05) is 39.2 Å². The lowest BCUT2D eigenvalue weighted by atomic mass is 9.92. The highest BCUT2D eigenvalue weighted by Gasteiger charge is 2.55. The second-order valence-electron chi connectivity index (χ2n) is 9.46. The molecule has 180 valence electrons. The first-order valence-corrected chi connectivity index (χ1v) is 12.3. The Morgan fingerprint density at radius 3 is 2.79 bits per heavy atom. The van der Waals surface area contributed by atoms with Crippen LogP contribution in [0.1, 0.15) is 35.4 Å². The lowest BCUT2D eigenvalue weighted by molar-refractivity contribution is -0.122. The minimum Gasteiger partial charge on any atom is -0.496 e. The molecular weight excluding hydrogens is 452 g/mol. The van der Waals surface area contributed by atoms with Crippen LogP contribution >= 0.6 is 11.8 Å². The van der Waals surface area contributed by atoms with E-state index in [9.17, 15) is 4.79 Å². The van der Waals surface area contributed by atoms with Gasteiger partial charge in [0.1, 0.15) is 10.8 Å². The summed E-state index contributed by atoms with van der Waals surface area (Å²) in [6.07, 6.45) is 3.75. The molecule has 5 rings (SSSR count). The van der Waals surface area contributed by atoms with Crippen LogP contribution < -0.4 is 15.8 Å². The fourth-order valence-electron chi connectivity index (χ4n) is 4.91. The first-order chi connectivity index (χ1) is 16.2. The van der Waals surface area contributed by atoms with Gasteiger partial charge in [0.05, 0.1) is 37.0 Å². The largest absolute Gasteiger partial charge is 0.496 e. The first-order valence-electron chi connectivity index (χ1n) is 11.3. The van der Waals surface area contributed by atoms with Gasteiger partial charge in [-0.05, 0) is 40.8 Å². The van der Waals surface area contributed by atoms with E-state index in [0.717, 1.165) is 57.3 Å². The molecule has 1 aliphatic carbocycles. The molecular formula is C23H30N8O2S. The maximum absolute atomic E-state index is 12.6. The third-order valence-corrected chi connectivity index (χ3v) is 7.80. The number of carbonyl (C=O) groups excluding carboxylic acids is 1. The summed E-state index contributed by atoms with van der Waals surface area (Å²) >= 11 is 1.61. The Morgan fingerprint density at radius 2 is 2.12 bits per heavy atom. The van der Waals surface area contributed by atoms with Gasteiger partial charge in [0.2, 0.25) is 11.9 Å². The molecule has 3 aromatic heterocycles. The monoisotopic (exact) mass is 482 g/mol. The Bertz CT molecular complexity index is 1280. The van der Waals surface area contributed by atoms with Crippen molar-refractivity contribution in [3.05, 3.63) is 28.7 Å². The van der Waals surface area contributed by atoms with Crippen molar-refractivity contribution in [2.24, 2.45) is 0 Å². The Morgan fingerprint density at radius 1 is 1.35 bits per heavy atom. The van der Waals surface area contributed by atoms with E-state index in [4.69, 9.17) is 15.6 Å². The number of nitrogens with two attached hydrogens (primary N) is 1. The molecule has 3 aromatic rings. The zero-order valence-electron chi connectivity index (χ0n) is 20.2. The smallest absolute Gasteiger partial charge is 0.234 e. The van der Waals surface area contributed by atoms with Crippen LogP contribution in [0.25, 0.3) is 11.0 Å². The van der Waals surface area contributed by atoms with Gasteiger partial charge in [-0.2, -0.15) is 10.1 Å². The Kier molecular flexibility index (Phi) is 5.64. The number of nitrogen functional groups attached to an aromatic ring is 1. The predicted molar refractivity (Wildman–Crippen MR) is 131 cm³/mol. The number of aryl methyl sites for hydroxylation is 1. The average Bonchev–Trinajstić information content (AvgIpc) is 3.51. The number of hydrogen-bond donors (Lipinski definition) is 2. The van der Waals surface area contributed by atoms with Gasteiger partial charge < -0.3 is 20.7 Å². The van der Waals surface area contributed by atoms with Crippen LogP contribution in [0.15, 0.2) is 11.2 Å². The molecule has 1 atom stereocenters. The van der Waals surface area contributed by atoms with Crippen LogP contribution in [0.2, 0.25) is 0 Å². The highest BCUT2D eigenvalue weighted by molar-refractivity contribution is 7.99. The molecule has 1 amide bonds. The molecule has 3 N–H and O–H groups in total. The van der Waals surface area contributed by atoms with Gasteiger partial charge in [-0.25, -0.2) is 9.67 Å². The molecule has 1 spiro atoms. The lowest BCUT2D eigenvalue weighted by Gasteiger charge is -2.25. The van der Waals surface area contributed by atoms with Crippen molar-refractivity contribution in [3.8, 4) is 5.75 Å². The molecule has 11 heteroatoms. The quantitative estimate of drug-likeness (QED) is 0.505. The van der Waals surface area contributed by atoms with Crippen molar-refractivity contribution in [2.45, 2.75) is 49.7 Å². The first kappa shape index (κ1) is 22.9. The number of thioether (sulfide) groups is 1. The van der Waals surface area contributed by atoms with E-state index < -0.39 is 0 Å². The normalized spacial score (nSPS) is 18.4. The van der Waals surface area contributed by atoms with Crippen LogP contribution in [0.5, 0.6) is 5.75 Å². The number of nitrogens with zero attached hydrogens (tertiary/aromatic N) is 6. The summed E-state index contributed by atoms with van der Waals surface area (Å²) in [4.78, 5) is 28.3. The van der Waals surface area contributed by atoms with E-state index in [1.54, 1.807) is 18.9 Å². The van der Waals surface area contributed by atoms with Gasteiger partial charge >= 0.3 is 0 Å². The fraction of sp³-hybridized carbons (Fsp3) is 0.522. The average molecular weight is 483 g/mol. The zero-order chi connectivity index (χ0) is 24.2. The second-order valence-corrected chi connectivity index (χ2v) is 10.5. The molecule has 0 saturated heterocycles. The highest BCUT2D eigenvalue weighted by Crippen LogP contribution is 2.56. The third-order valence-electron chi connectivity index (χ3n) is 6.73. The molecule has 1 fully saturated rings. The predicted octanol–water partition coefficient (Wildman–Crippen LogP) is 1.66. The minimum atomic E-state index is -0.212.